The first-order valence-electron chi connectivity index (χ1n) is 10.7. The van der Waals surface area contributed by atoms with Gasteiger partial charge >= 0.3 is 6.40 Å². The fraction of sp³-hybridized carbons (Fsp3) is 0. The topological polar surface area (TPSA) is 34.6 Å². The molecule has 3 aliphatic heterocycles. The van der Waals surface area contributed by atoms with E-state index in [0.717, 1.165) is 55.7 Å². The Bertz CT molecular complexity index is 1850. The van der Waals surface area contributed by atoms with Crippen molar-refractivity contribution in [2.45, 2.75) is 0 Å². The van der Waals surface area contributed by atoms with E-state index >= 15 is 0 Å². The molecule has 0 amide bonds. The monoisotopic (exact) mass is 428 g/mol. The Kier molecular flexibility index (Phi) is 2.99. The summed E-state index contributed by atoms with van der Waals surface area (Å²) in [7, 11) is 0. The molecule has 0 fully saturated rings. The fourth-order valence-corrected chi connectivity index (χ4v) is 5.81. The van der Waals surface area contributed by atoms with Gasteiger partial charge in [0.1, 0.15) is 5.82 Å². The molecule has 0 unspecified atom stereocenters. The predicted molar refractivity (Wildman–Crippen MR) is 133 cm³/mol. The second-order valence-corrected chi connectivity index (χ2v) is 8.78. The molecule has 0 spiro atoms. The molecule has 3 aliphatic rings. The van der Waals surface area contributed by atoms with E-state index in [4.69, 9.17) is 21.4 Å². The zero-order valence-electron chi connectivity index (χ0n) is 16.8. The number of amidine groups is 1. The molecular formula is C26H14BClN4. The molecule has 5 heterocycles. The Morgan fingerprint density at radius 1 is 0.625 bits per heavy atom. The Hall–Kier alpha value is -3.83. The van der Waals surface area contributed by atoms with Crippen molar-refractivity contribution in [2.24, 2.45) is 9.98 Å². The first-order chi connectivity index (χ1) is 15.8. The zero-order valence-corrected chi connectivity index (χ0v) is 17.6. The number of aliphatic imine (C=N–C) groups is 2. The summed E-state index contributed by atoms with van der Waals surface area (Å²) in [6.07, 6.45) is 3.98. The lowest BCUT2D eigenvalue weighted by atomic mass is 10.0. The van der Waals surface area contributed by atoms with Crippen LogP contribution in [0.4, 0.5) is 5.82 Å². The van der Waals surface area contributed by atoms with Gasteiger partial charge in [-0.15, -0.1) is 11.5 Å². The van der Waals surface area contributed by atoms with E-state index in [-0.39, 0.29) is 0 Å². The van der Waals surface area contributed by atoms with Crippen LogP contribution in [0, 0.1) is 0 Å². The molecule has 6 heteroatoms. The van der Waals surface area contributed by atoms with Crippen molar-refractivity contribution < 1.29 is 0 Å². The fourth-order valence-electron chi connectivity index (χ4n) is 5.40. The van der Waals surface area contributed by atoms with Gasteiger partial charge in [0.15, 0.2) is 5.84 Å². The molecule has 0 saturated heterocycles. The van der Waals surface area contributed by atoms with Crippen molar-refractivity contribution >= 4 is 68.9 Å². The van der Waals surface area contributed by atoms with E-state index in [9.17, 15) is 0 Å². The van der Waals surface area contributed by atoms with Gasteiger partial charge in [-0.1, -0.05) is 72.8 Å². The Morgan fingerprint density at radius 3 is 2.03 bits per heavy atom. The number of nitrogens with zero attached hydrogens (tertiary/aromatic N) is 4. The molecule has 5 aromatic rings. The van der Waals surface area contributed by atoms with Crippen LogP contribution in [0.25, 0.3) is 33.7 Å². The summed E-state index contributed by atoms with van der Waals surface area (Å²) in [6.45, 7) is 0. The number of fused-ring (bicyclic) bond motifs is 10. The van der Waals surface area contributed by atoms with Crippen LogP contribution in [0.1, 0.15) is 16.8 Å². The summed E-state index contributed by atoms with van der Waals surface area (Å²) < 4.78 is 4.36. The summed E-state index contributed by atoms with van der Waals surface area (Å²) in [4.78, 5) is 10.1. The maximum Gasteiger partial charge on any atom is 0.496 e. The van der Waals surface area contributed by atoms with Gasteiger partial charge in [0.25, 0.3) is 0 Å². The second-order valence-electron chi connectivity index (χ2n) is 8.39. The molecule has 0 N–H and O–H groups in total. The maximum absolute atomic E-state index is 7.27. The number of halogens is 1. The lowest BCUT2D eigenvalue weighted by Gasteiger charge is -2.20. The maximum atomic E-state index is 7.27. The van der Waals surface area contributed by atoms with Crippen LogP contribution in [0.15, 0.2) is 82.8 Å². The van der Waals surface area contributed by atoms with Crippen LogP contribution in [-0.2, 0) is 0 Å². The zero-order chi connectivity index (χ0) is 21.0. The smallest absolute Gasteiger partial charge is 0.350 e. The third-order valence-electron chi connectivity index (χ3n) is 6.78. The van der Waals surface area contributed by atoms with Gasteiger partial charge in [0, 0.05) is 49.1 Å². The largest absolute Gasteiger partial charge is 0.496 e. The van der Waals surface area contributed by atoms with Crippen LogP contribution >= 0.6 is 11.5 Å². The number of hydrogen-bond acceptors (Lipinski definition) is 2. The SMILES string of the molecule is ClB1n2c3c4ccccc4c2N=C2N=C(C=c4c5ccccc5c(n41)=C3)c1ccccc12. The summed E-state index contributed by atoms with van der Waals surface area (Å²) >= 11 is 7.27. The summed E-state index contributed by atoms with van der Waals surface area (Å²) in [5, 5.41) is 6.78. The molecule has 32 heavy (non-hydrogen) atoms. The van der Waals surface area contributed by atoms with Crippen LogP contribution in [0.2, 0.25) is 0 Å². The quantitative estimate of drug-likeness (QED) is 0.334. The number of hydrogen-bond donors (Lipinski definition) is 0. The van der Waals surface area contributed by atoms with Crippen LogP contribution in [-0.4, -0.2) is 26.9 Å². The van der Waals surface area contributed by atoms with Crippen molar-refractivity contribution in [1.82, 2.24) is 8.96 Å². The lowest BCUT2D eigenvalue weighted by molar-refractivity contribution is 1.01. The van der Waals surface area contributed by atoms with Gasteiger partial charge in [-0.3, -0.25) is 0 Å². The molecule has 0 saturated carbocycles. The Labute approximate surface area is 188 Å². The molecule has 0 aliphatic carbocycles. The minimum Gasteiger partial charge on any atom is -0.350 e. The van der Waals surface area contributed by atoms with E-state index in [2.05, 4.69) is 87.8 Å². The van der Waals surface area contributed by atoms with Gasteiger partial charge in [0.05, 0.1) is 5.71 Å². The average molecular weight is 429 g/mol. The molecule has 3 aromatic carbocycles. The lowest BCUT2D eigenvalue weighted by Crippen LogP contribution is -2.45. The minimum atomic E-state index is -0.434. The van der Waals surface area contributed by atoms with Crippen molar-refractivity contribution in [1.29, 1.82) is 0 Å². The Morgan fingerprint density at radius 2 is 1.25 bits per heavy atom. The average Bonchev–Trinajstić information content (AvgIpc) is 3.45. The summed E-state index contributed by atoms with van der Waals surface area (Å²) in [6, 6.07) is 25.2. The molecule has 148 valence electrons. The van der Waals surface area contributed by atoms with Crippen molar-refractivity contribution in [3.63, 3.8) is 0 Å². The standard InChI is InChI=1S/C26H14BClN4/c28-27-31-22-13-21-15-7-1-5-11-19(15)25(29-21)30-26-20-12-6-4-10-18(20)24(32(26)27)14-23(31)17-9-3-2-8-16(17)22/h1-14H. The normalized spacial score (nSPS) is 15.2. The third kappa shape index (κ3) is 1.91. The minimum absolute atomic E-state index is 0.434. The highest BCUT2D eigenvalue weighted by atomic mass is 35.5. The van der Waals surface area contributed by atoms with Crippen LogP contribution in [0.3, 0.4) is 0 Å². The van der Waals surface area contributed by atoms with Gasteiger partial charge in [0.2, 0.25) is 0 Å². The number of aromatic nitrogens is 2. The Balaban J connectivity index is 1.69. The van der Waals surface area contributed by atoms with Gasteiger partial charge < -0.3 is 8.96 Å². The highest BCUT2D eigenvalue weighted by Crippen LogP contribution is 2.37. The summed E-state index contributed by atoms with van der Waals surface area (Å²) in [5.41, 5.74) is 4.15. The third-order valence-corrected chi connectivity index (χ3v) is 7.18. The van der Waals surface area contributed by atoms with Gasteiger partial charge in [-0.25, -0.2) is 9.98 Å². The molecule has 2 aromatic heterocycles. The van der Waals surface area contributed by atoms with E-state index in [1.807, 2.05) is 6.07 Å². The highest BCUT2D eigenvalue weighted by molar-refractivity contribution is 7.05. The van der Waals surface area contributed by atoms with Crippen molar-refractivity contribution in [3.05, 3.63) is 100 Å². The van der Waals surface area contributed by atoms with E-state index in [1.165, 1.54) is 10.8 Å². The molecular weight excluding hydrogens is 415 g/mol. The first kappa shape index (κ1) is 16.8. The number of rotatable bonds is 0. The number of benzene rings is 3. The van der Waals surface area contributed by atoms with Crippen LogP contribution in [0.5, 0.6) is 0 Å². The molecule has 8 rings (SSSR count). The van der Waals surface area contributed by atoms with E-state index in [0.29, 0.717) is 0 Å². The highest BCUT2D eigenvalue weighted by Gasteiger charge is 2.33. The second kappa shape index (κ2) is 5.70. The van der Waals surface area contributed by atoms with Gasteiger partial charge in [-0.05, 0) is 12.2 Å². The van der Waals surface area contributed by atoms with Crippen molar-refractivity contribution in [3.8, 4) is 0 Å². The van der Waals surface area contributed by atoms with Crippen LogP contribution < -0.4 is 10.7 Å². The molecule has 0 atom stereocenters. The molecule has 4 nitrogen and oxygen atoms in total. The first-order valence-corrected chi connectivity index (χ1v) is 11.1. The van der Waals surface area contributed by atoms with E-state index in [1.54, 1.807) is 0 Å². The summed E-state index contributed by atoms with van der Waals surface area (Å²) in [5.74, 6) is 1.58. The van der Waals surface area contributed by atoms with Gasteiger partial charge in [-0.2, -0.15) is 0 Å². The molecule has 0 radical (unpaired) electrons. The predicted octanol–water partition coefficient (Wildman–Crippen LogP) is 4.03. The van der Waals surface area contributed by atoms with E-state index < -0.39 is 6.40 Å². The van der Waals surface area contributed by atoms with Crippen molar-refractivity contribution in [2.75, 3.05) is 0 Å². The molecule has 4 bridgehead atoms.